The molecular weight excluding hydrogens is 333 g/mol. The number of benzene rings is 1. The van der Waals surface area contributed by atoms with Gasteiger partial charge < -0.3 is 16.4 Å². The smallest absolute Gasteiger partial charge is 0.251 e. The topological polar surface area (TPSA) is 84.2 Å². The third kappa shape index (κ3) is 4.23. The maximum Gasteiger partial charge on any atom is 0.251 e. The molecule has 2 fully saturated rings. The van der Waals surface area contributed by atoms with Gasteiger partial charge in [0.1, 0.15) is 5.82 Å². The molecule has 3 rings (SSSR count). The van der Waals surface area contributed by atoms with Crippen LogP contribution < -0.4 is 16.4 Å². The first-order chi connectivity index (χ1) is 12.5. The minimum absolute atomic E-state index is 0.0343. The maximum atomic E-state index is 13.5. The Morgan fingerprint density at radius 2 is 1.81 bits per heavy atom. The summed E-state index contributed by atoms with van der Waals surface area (Å²) in [6.45, 7) is 2.34. The third-order valence-electron chi connectivity index (χ3n) is 5.93. The highest BCUT2D eigenvalue weighted by Gasteiger charge is 2.40. The van der Waals surface area contributed by atoms with Gasteiger partial charge in [-0.25, -0.2) is 4.39 Å². The van der Waals surface area contributed by atoms with Crippen LogP contribution in [0.5, 0.6) is 0 Å². The molecular formula is C20H28FN3O2. The molecule has 2 unspecified atom stereocenters. The van der Waals surface area contributed by atoms with Gasteiger partial charge in [-0.15, -0.1) is 0 Å². The Morgan fingerprint density at radius 3 is 2.46 bits per heavy atom. The molecule has 2 aliphatic rings. The number of rotatable bonds is 5. The zero-order chi connectivity index (χ0) is 18.7. The zero-order valence-electron chi connectivity index (χ0n) is 15.3. The molecule has 0 aromatic heterocycles. The molecule has 0 radical (unpaired) electrons. The number of nitrogens with one attached hydrogen (secondary N) is 2. The molecule has 1 aromatic rings. The SMILES string of the molecule is Cc1ccc(C(=O)NCCNC(=O)C2CC3CCCC(C2)C3N)cc1F. The van der Waals surface area contributed by atoms with Crippen LogP contribution in [0.2, 0.25) is 0 Å². The van der Waals surface area contributed by atoms with Crippen LogP contribution in [0, 0.1) is 30.5 Å². The summed E-state index contributed by atoms with van der Waals surface area (Å²) >= 11 is 0. The van der Waals surface area contributed by atoms with Crippen LogP contribution in [0.3, 0.4) is 0 Å². The second-order valence-electron chi connectivity index (χ2n) is 7.71. The predicted octanol–water partition coefficient (Wildman–Crippen LogP) is 2.13. The monoisotopic (exact) mass is 361 g/mol. The minimum Gasteiger partial charge on any atom is -0.354 e. The first-order valence-electron chi connectivity index (χ1n) is 9.53. The van der Waals surface area contributed by atoms with Crippen LogP contribution in [0.15, 0.2) is 18.2 Å². The van der Waals surface area contributed by atoms with Crippen LogP contribution in [-0.4, -0.2) is 30.9 Å². The van der Waals surface area contributed by atoms with Crippen molar-refractivity contribution in [2.45, 2.75) is 45.1 Å². The second kappa shape index (κ2) is 8.16. The van der Waals surface area contributed by atoms with E-state index < -0.39 is 5.82 Å². The maximum absolute atomic E-state index is 13.5. The van der Waals surface area contributed by atoms with Gasteiger partial charge in [-0.2, -0.15) is 0 Å². The number of carbonyl (C=O) groups is 2. The highest BCUT2D eigenvalue weighted by atomic mass is 19.1. The van der Waals surface area contributed by atoms with Crippen molar-refractivity contribution in [1.82, 2.24) is 10.6 Å². The van der Waals surface area contributed by atoms with Crippen molar-refractivity contribution >= 4 is 11.8 Å². The molecule has 2 amide bonds. The van der Waals surface area contributed by atoms with Gasteiger partial charge in [-0.05, 0) is 62.1 Å². The van der Waals surface area contributed by atoms with Crippen molar-refractivity contribution in [2.75, 3.05) is 13.1 Å². The van der Waals surface area contributed by atoms with Gasteiger partial charge in [0.05, 0.1) is 0 Å². The Hall–Kier alpha value is -1.95. The molecule has 0 spiro atoms. The standard InChI is InChI=1S/C20H28FN3O2/c1-12-5-6-15(11-17(12)21)19(25)23-7-8-24-20(26)16-9-13-3-2-4-14(10-16)18(13)22/h5-6,11,13-14,16,18H,2-4,7-10,22H2,1H3,(H,23,25)(H,24,26). The summed E-state index contributed by atoms with van der Waals surface area (Å²) < 4.78 is 13.5. The number of hydrogen-bond acceptors (Lipinski definition) is 3. The number of halogens is 1. The molecule has 2 atom stereocenters. The fraction of sp³-hybridized carbons (Fsp3) is 0.600. The Kier molecular flexibility index (Phi) is 5.91. The molecule has 4 N–H and O–H groups in total. The highest BCUT2D eigenvalue weighted by Crippen LogP contribution is 2.41. The van der Waals surface area contributed by atoms with Gasteiger partial charge in [0, 0.05) is 30.6 Å². The summed E-state index contributed by atoms with van der Waals surface area (Å²) in [5.41, 5.74) is 7.06. The van der Waals surface area contributed by atoms with Crippen molar-refractivity contribution in [3.05, 3.63) is 35.1 Å². The average Bonchev–Trinajstić information content (AvgIpc) is 2.60. The number of carbonyl (C=O) groups excluding carboxylic acids is 2. The molecule has 26 heavy (non-hydrogen) atoms. The van der Waals surface area contributed by atoms with Gasteiger partial charge in [0.2, 0.25) is 5.91 Å². The van der Waals surface area contributed by atoms with Crippen molar-refractivity contribution in [1.29, 1.82) is 0 Å². The fourth-order valence-corrected chi connectivity index (χ4v) is 4.35. The van der Waals surface area contributed by atoms with E-state index >= 15 is 0 Å². The quantitative estimate of drug-likeness (QED) is 0.703. The van der Waals surface area contributed by atoms with E-state index in [2.05, 4.69) is 10.6 Å². The van der Waals surface area contributed by atoms with E-state index in [-0.39, 0.29) is 29.3 Å². The number of nitrogens with two attached hydrogens (primary N) is 1. The van der Waals surface area contributed by atoms with Gasteiger partial charge in [-0.3, -0.25) is 9.59 Å². The van der Waals surface area contributed by atoms with E-state index in [1.165, 1.54) is 12.5 Å². The zero-order valence-corrected chi connectivity index (χ0v) is 15.3. The van der Waals surface area contributed by atoms with E-state index in [1.54, 1.807) is 19.1 Å². The summed E-state index contributed by atoms with van der Waals surface area (Å²) in [5.74, 6) is 0.295. The van der Waals surface area contributed by atoms with Crippen molar-refractivity contribution < 1.29 is 14.0 Å². The Balaban J connectivity index is 1.41. The second-order valence-corrected chi connectivity index (χ2v) is 7.71. The lowest BCUT2D eigenvalue weighted by Crippen LogP contribution is -2.49. The van der Waals surface area contributed by atoms with Crippen LogP contribution >= 0.6 is 0 Å². The number of hydrogen-bond donors (Lipinski definition) is 3. The van der Waals surface area contributed by atoms with Crippen LogP contribution in [0.4, 0.5) is 4.39 Å². The van der Waals surface area contributed by atoms with Crippen LogP contribution in [0.25, 0.3) is 0 Å². The highest BCUT2D eigenvalue weighted by molar-refractivity contribution is 5.94. The van der Waals surface area contributed by atoms with Gasteiger partial charge in [-0.1, -0.05) is 12.5 Å². The lowest BCUT2D eigenvalue weighted by molar-refractivity contribution is -0.127. The summed E-state index contributed by atoms with van der Waals surface area (Å²) in [6.07, 6.45) is 5.23. The molecule has 2 bridgehead atoms. The molecule has 2 saturated carbocycles. The van der Waals surface area contributed by atoms with Gasteiger partial charge in [0.25, 0.3) is 5.91 Å². The Labute approximate surface area is 153 Å². The number of fused-ring (bicyclic) bond motifs is 2. The lowest BCUT2D eigenvalue weighted by atomic mass is 9.65. The average molecular weight is 361 g/mol. The van der Waals surface area contributed by atoms with Crippen LogP contribution in [0.1, 0.15) is 48.0 Å². The minimum atomic E-state index is -0.396. The van der Waals surface area contributed by atoms with Crippen molar-refractivity contribution in [3.8, 4) is 0 Å². The summed E-state index contributed by atoms with van der Waals surface area (Å²) in [6, 6.07) is 4.65. The van der Waals surface area contributed by atoms with Crippen molar-refractivity contribution in [2.24, 2.45) is 23.5 Å². The van der Waals surface area contributed by atoms with E-state index in [9.17, 15) is 14.0 Å². The normalized spacial score (nSPS) is 27.7. The molecule has 6 heteroatoms. The Morgan fingerprint density at radius 1 is 1.15 bits per heavy atom. The van der Waals surface area contributed by atoms with Crippen LogP contribution in [-0.2, 0) is 4.79 Å². The van der Waals surface area contributed by atoms with E-state index in [1.807, 2.05) is 0 Å². The summed E-state index contributed by atoms with van der Waals surface area (Å²) in [4.78, 5) is 24.4. The number of amides is 2. The van der Waals surface area contributed by atoms with E-state index in [0.29, 0.717) is 30.5 Å². The molecule has 0 aliphatic heterocycles. The predicted molar refractivity (Wildman–Crippen MR) is 98.0 cm³/mol. The van der Waals surface area contributed by atoms with Crippen molar-refractivity contribution in [3.63, 3.8) is 0 Å². The molecule has 2 aliphatic carbocycles. The van der Waals surface area contributed by atoms with E-state index in [4.69, 9.17) is 5.73 Å². The fourth-order valence-electron chi connectivity index (χ4n) is 4.35. The third-order valence-corrected chi connectivity index (χ3v) is 5.93. The molecule has 0 heterocycles. The first-order valence-corrected chi connectivity index (χ1v) is 9.53. The Bertz CT molecular complexity index is 665. The lowest BCUT2D eigenvalue weighted by Gasteiger charge is -2.43. The molecule has 1 aromatic carbocycles. The number of aryl methyl sites for hydroxylation is 1. The largest absolute Gasteiger partial charge is 0.354 e. The van der Waals surface area contributed by atoms with E-state index in [0.717, 1.165) is 25.7 Å². The molecule has 142 valence electrons. The molecule has 5 nitrogen and oxygen atoms in total. The summed E-state index contributed by atoms with van der Waals surface area (Å²) in [5, 5.41) is 5.63. The van der Waals surface area contributed by atoms with Gasteiger partial charge in [0.15, 0.2) is 0 Å². The first kappa shape index (κ1) is 18.8. The summed E-state index contributed by atoms with van der Waals surface area (Å²) in [7, 11) is 0. The van der Waals surface area contributed by atoms with Gasteiger partial charge >= 0.3 is 0 Å². The molecule has 0 saturated heterocycles.